The van der Waals surface area contributed by atoms with Gasteiger partial charge in [-0.15, -0.1) is 0 Å². The van der Waals surface area contributed by atoms with E-state index < -0.39 is 0 Å². The zero-order valence-corrected chi connectivity index (χ0v) is 16.8. The molecule has 2 saturated carbocycles. The summed E-state index contributed by atoms with van der Waals surface area (Å²) in [6.45, 7) is 2.02. The molecule has 0 spiro atoms. The molecule has 8 heteroatoms. The predicted octanol–water partition coefficient (Wildman–Crippen LogP) is 3.54. The molecule has 0 atom stereocenters. The molecule has 0 unspecified atom stereocenters. The summed E-state index contributed by atoms with van der Waals surface area (Å²) in [6, 6.07) is 6.07. The Morgan fingerprint density at radius 2 is 2.00 bits per heavy atom. The lowest BCUT2D eigenvalue weighted by molar-refractivity contribution is -0.117. The molecule has 3 aromatic rings. The predicted molar refractivity (Wildman–Crippen MR) is 111 cm³/mol. The van der Waals surface area contributed by atoms with E-state index in [1.807, 2.05) is 31.3 Å². The van der Waals surface area contributed by atoms with Crippen molar-refractivity contribution in [2.24, 2.45) is 5.92 Å². The third kappa shape index (κ3) is 3.93. The maximum absolute atomic E-state index is 12.4. The average Bonchev–Trinajstić information content (AvgIpc) is 3.62. The molecule has 0 radical (unpaired) electrons. The molecule has 2 aliphatic rings. The summed E-state index contributed by atoms with van der Waals surface area (Å²) in [6.07, 6.45) is 9.46. The van der Waals surface area contributed by atoms with Crippen LogP contribution < -0.4 is 10.6 Å². The number of aryl methyl sites for hydroxylation is 1. The average molecular weight is 407 g/mol. The van der Waals surface area contributed by atoms with Gasteiger partial charge in [-0.25, -0.2) is 9.67 Å². The minimum Gasteiger partial charge on any atom is -0.349 e. The summed E-state index contributed by atoms with van der Waals surface area (Å²) >= 11 is 1.39. The SMILES string of the molecule is Cc1ccc(C(=O)NC2CC2)cc1-c1cnn(-c2cnc(NC(=O)C3CC3)s2)c1. The number of rotatable bonds is 6. The van der Waals surface area contributed by atoms with Gasteiger partial charge in [-0.3, -0.25) is 9.59 Å². The Morgan fingerprint density at radius 3 is 2.76 bits per heavy atom. The zero-order chi connectivity index (χ0) is 20.0. The van der Waals surface area contributed by atoms with Crippen molar-refractivity contribution in [1.29, 1.82) is 0 Å². The van der Waals surface area contributed by atoms with Crippen molar-refractivity contribution in [3.8, 4) is 16.1 Å². The molecule has 2 N–H and O–H groups in total. The number of nitrogens with one attached hydrogen (secondary N) is 2. The quantitative estimate of drug-likeness (QED) is 0.654. The number of amides is 2. The topological polar surface area (TPSA) is 88.9 Å². The first-order valence-electron chi connectivity index (χ1n) is 9.80. The highest BCUT2D eigenvalue weighted by Gasteiger charge is 2.30. The van der Waals surface area contributed by atoms with Crippen LogP contribution in [0.3, 0.4) is 0 Å². The number of hydrogen-bond acceptors (Lipinski definition) is 5. The Balaban J connectivity index is 1.36. The molecule has 0 saturated heterocycles. The minimum atomic E-state index is -0.0281. The minimum absolute atomic E-state index is 0.0281. The van der Waals surface area contributed by atoms with Gasteiger partial charge in [-0.1, -0.05) is 17.4 Å². The van der Waals surface area contributed by atoms with Gasteiger partial charge in [0.2, 0.25) is 5.91 Å². The number of thiazole rings is 1. The molecule has 2 aliphatic carbocycles. The van der Waals surface area contributed by atoms with Gasteiger partial charge in [-0.05, 0) is 55.9 Å². The number of carbonyl (C=O) groups is 2. The third-order valence-corrected chi connectivity index (χ3v) is 6.11. The Bertz CT molecular complexity index is 1090. The second-order valence-electron chi connectivity index (χ2n) is 7.72. The van der Waals surface area contributed by atoms with E-state index in [2.05, 4.69) is 20.7 Å². The van der Waals surface area contributed by atoms with Crippen molar-refractivity contribution in [1.82, 2.24) is 20.1 Å². The molecule has 5 rings (SSSR count). The second-order valence-corrected chi connectivity index (χ2v) is 8.73. The van der Waals surface area contributed by atoms with Crippen molar-refractivity contribution in [2.75, 3.05) is 5.32 Å². The second kappa shape index (κ2) is 7.11. The van der Waals surface area contributed by atoms with Gasteiger partial charge >= 0.3 is 0 Å². The molecule has 0 bridgehead atoms. The molecular formula is C21H21N5O2S. The number of anilines is 1. The highest BCUT2D eigenvalue weighted by molar-refractivity contribution is 7.18. The number of hydrogen-bond donors (Lipinski definition) is 2. The first-order valence-corrected chi connectivity index (χ1v) is 10.6. The molecule has 0 aliphatic heterocycles. The standard InChI is InChI=1S/C21H21N5O2S/c1-12-2-3-14(20(28)24-16-6-7-16)8-17(12)15-9-23-26(11-15)18-10-22-21(29-18)25-19(27)13-4-5-13/h2-3,8-11,13,16H,4-7H2,1H3,(H,24,28)(H,22,25,27). The van der Waals surface area contributed by atoms with E-state index in [-0.39, 0.29) is 17.7 Å². The fourth-order valence-corrected chi connectivity index (χ4v) is 3.89. The third-order valence-electron chi connectivity index (χ3n) is 5.20. The first kappa shape index (κ1) is 18.1. The monoisotopic (exact) mass is 407 g/mol. The van der Waals surface area contributed by atoms with Gasteiger partial charge < -0.3 is 10.6 Å². The van der Waals surface area contributed by atoms with E-state index in [0.717, 1.165) is 47.4 Å². The van der Waals surface area contributed by atoms with E-state index in [1.165, 1.54) is 11.3 Å². The van der Waals surface area contributed by atoms with Crippen molar-refractivity contribution >= 4 is 28.3 Å². The van der Waals surface area contributed by atoms with Crippen LogP contribution in [0, 0.1) is 12.8 Å². The van der Waals surface area contributed by atoms with Crippen LogP contribution in [-0.4, -0.2) is 32.6 Å². The van der Waals surface area contributed by atoms with E-state index in [9.17, 15) is 9.59 Å². The molecule has 29 heavy (non-hydrogen) atoms. The van der Waals surface area contributed by atoms with Crippen molar-refractivity contribution in [3.63, 3.8) is 0 Å². The fraction of sp³-hybridized carbons (Fsp3) is 0.333. The Hall–Kier alpha value is -3.00. The molecule has 2 aromatic heterocycles. The van der Waals surface area contributed by atoms with E-state index >= 15 is 0 Å². The van der Waals surface area contributed by atoms with Gasteiger partial charge in [0.15, 0.2) is 5.13 Å². The van der Waals surface area contributed by atoms with E-state index in [1.54, 1.807) is 17.1 Å². The summed E-state index contributed by atoms with van der Waals surface area (Å²) in [5.41, 5.74) is 3.65. The largest absolute Gasteiger partial charge is 0.349 e. The molecule has 2 fully saturated rings. The number of nitrogens with zero attached hydrogens (tertiary/aromatic N) is 3. The highest BCUT2D eigenvalue weighted by Crippen LogP contribution is 2.32. The lowest BCUT2D eigenvalue weighted by atomic mass is 10.0. The normalized spacial score (nSPS) is 15.9. The number of carbonyl (C=O) groups excluding carboxylic acids is 2. The molecule has 2 heterocycles. The van der Waals surface area contributed by atoms with Crippen LogP contribution in [0.1, 0.15) is 41.6 Å². The maximum atomic E-state index is 12.4. The molecule has 1 aromatic carbocycles. The maximum Gasteiger partial charge on any atom is 0.251 e. The van der Waals surface area contributed by atoms with Crippen LogP contribution in [0.2, 0.25) is 0 Å². The first-order chi connectivity index (χ1) is 14.1. The van der Waals surface area contributed by atoms with Crippen molar-refractivity contribution < 1.29 is 9.59 Å². The number of benzene rings is 1. The van der Waals surface area contributed by atoms with Crippen LogP contribution in [-0.2, 0) is 4.79 Å². The van der Waals surface area contributed by atoms with Crippen molar-refractivity contribution in [3.05, 3.63) is 47.9 Å². The van der Waals surface area contributed by atoms with E-state index in [0.29, 0.717) is 16.7 Å². The smallest absolute Gasteiger partial charge is 0.251 e. The summed E-state index contributed by atoms with van der Waals surface area (Å²) in [5, 5.41) is 11.8. The fourth-order valence-electron chi connectivity index (χ4n) is 3.14. The lowest BCUT2D eigenvalue weighted by Crippen LogP contribution is -2.25. The van der Waals surface area contributed by atoms with Gasteiger partial charge in [0, 0.05) is 29.3 Å². The highest BCUT2D eigenvalue weighted by atomic mass is 32.1. The number of aromatic nitrogens is 3. The summed E-state index contributed by atoms with van der Waals surface area (Å²) in [7, 11) is 0. The summed E-state index contributed by atoms with van der Waals surface area (Å²) in [4.78, 5) is 28.6. The Labute approximate surface area is 172 Å². The Kier molecular flexibility index (Phi) is 4.43. The zero-order valence-electron chi connectivity index (χ0n) is 16.0. The molecule has 2 amide bonds. The molecule has 148 valence electrons. The van der Waals surface area contributed by atoms with Crippen LogP contribution >= 0.6 is 11.3 Å². The van der Waals surface area contributed by atoms with Gasteiger partial charge in [0.05, 0.1) is 12.4 Å². The summed E-state index contributed by atoms with van der Waals surface area (Å²) in [5.74, 6) is 0.162. The van der Waals surface area contributed by atoms with Crippen molar-refractivity contribution in [2.45, 2.75) is 38.6 Å². The van der Waals surface area contributed by atoms with Gasteiger partial charge in [-0.2, -0.15) is 5.10 Å². The summed E-state index contributed by atoms with van der Waals surface area (Å²) < 4.78 is 1.75. The van der Waals surface area contributed by atoms with Crippen LogP contribution in [0.25, 0.3) is 16.1 Å². The van der Waals surface area contributed by atoms with Gasteiger partial charge in [0.25, 0.3) is 5.91 Å². The van der Waals surface area contributed by atoms with E-state index in [4.69, 9.17) is 0 Å². The molecule has 7 nitrogen and oxygen atoms in total. The van der Waals surface area contributed by atoms with Crippen LogP contribution in [0.5, 0.6) is 0 Å². The van der Waals surface area contributed by atoms with Gasteiger partial charge in [0.1, 0.15) is 5.00 Å². The lowest BCUT2D eigenvalue weighted by Gasteiger charge is -2.08. The van der Waals surface area contributed by atoms with Crippen LogP contribution in [0.4, 0.5) is 5.13 Å². The van der Waals surface area contributed by atoms with Crippen LogP contribution in [0.15, 0.2) is 36.8 Å². The molecular weight excluding hydrogens is 386 g/mol. The Morgan fingerprint density at radius 1 is 1.17 bits per heavy atom.